The van der Waals surface area contributed by atoms with E-state index in [-0.39, 0.29) is 5.83 Å². The second kappa shape index (κ2) is 4.04. The molecule has 1 heterocycles. The third-order valence-electron chi connectivity index (χ3n) is 2.49. The molecule has 1 atom stereocenters. The highest BCUT2D eigenvalue weighted by molar-refractivity contribution is 5.05. The molecule has 0 spiro atoms. The standard InChI is InChI=1S/C10H18FN/c1-4-10-7-9(11)5-6-12(10)8(2)3/h7-8,10H,4-6H2,1-3H3. The van der Waals surface area contributed by atoms with Gasteiger partial charge in [0.15, 0.2) is 0 Å². The van der Waals surface area contributed by atoms with Crippen molar-refractivity contribution in [2.24, 2.45) is 0 Å². The van der Waals surface area contributed by atoms with E-state index in [2.05, 4.69) is 25.7 Å². The Labute approximate surface area is 74.3 Å². The summed E-state index contributed by atoms with van der Waals surface area (Å²) in [5.74, 6) is 0.0683. The number of rotatable bonds is 2. The third kappa shape index (κ3) is 2.07. The van der Waals surface area contributed by atoms with Crippen molar-refractivity contribution in [3.63, 3.8) is 0 Å². The van der Waals surface area contributed by atoms with Crippen LogP contribution in [0.4, 0.5) is 4.39 Å². The number of nitrogens with zero attached hydrogens (tertiary/aromatic N) is 1. The Bertz CT molecular complexity index is 175. The van der Waals surface area contributed by atoms with Gasteiger partial charge in [-0.05, 0) is 26.3 Å². The van der Waals surface area contributed by atoms with Crippen LogP contribution >= 0.6 is 0 Å². The summed E-state index contributed by atoms with van der Waals surface area (Å²) in [5, 5.41) is 0. The van der Waals surface area contributed by atoms with Crippen LogP contribution in [-0.4, -0.2) is 23.5 Å². The zero-order chi connectivity index (χ0) is 9.14. The first-order valence-electron chi connectivity index (χ1n) is 4.77. The molecular formula is C10H18FN. The van der Waals surface area contributed by atoms with Gasteiger partial charge in [0.25, 0.3) is 0 Å². The fourth-order valence-electron chi connectivity index (χ4n) is 1.78. The van der Waals surface area contributed by atoms with Crippen molar-refractivity contribution in [1.29, 1.82) is 0 Å². The summed E-state index contributed by atoms with van der Waals surface area (Å²) in [7, 11) is 0. The molecule has 0 fully saturated rings. The Morgan fingerprint density at radius 3 is 2.83 bits per heavy atom. The van der Waals surface area contributed by atoms with Crippen LogP contribution in [0.2, 0.25) is 0 Å². The summed E-state index contributed by atoms with van der Waals surface area (Å²) < 4.78 is 12.9. The lowest BCUT2D eigenvalue weighted by Gasteiger charge is -2.35. The van der Waals surface area contributed by atoms with Crippen LogP contribution in [0.3, 0.4) is 0 Å². The van der Waals surface area contributed by atoms with Crippen LogP contribution in [0.5, 0.6) is 0 Å². The second-order valence-corrected chi connectivity index (χ2v) is 3.67. The molecule has 1 aliphatic rings. The van der Waals surface area contributed by atoms with Crippen LogP contribution in [0.25, 0.3) is 0 Å². The minimum atomic E-state index is 0.0683. The molecule has 0 radical (unpaired) electrons. The van der Waals surface area contributed by atoms with Crippen LogP contribution < -0.4 is 0 Å². The molecule has 1 aliphatic heterocycles. The highest BCUT2D eigenvalue weighted by atomic mass is 19.1. The van der Waals surface area contributed by atoms with E-state index < -0.39 is 0 Å². The molecular weight excluding hydrogens is 153 g/mol. The topological polar surface area (TPSA) is 3.24 Å². The van der Waals surface area contributed by atoms with E-state index in [1.54, 1.807) is 6.08 Å². The Hall–Kier alpha value is -0.370. The van der Waals surface area contributed by atoms with Gasteiger partial charge in [-0.15, -0.1) is 0 Å². The lowest BCUT2D eigenvalue weighted by Crippen LogP contribution is -2.42. The quantitative estimate of drug-likeness (QED) is 0.617. The van der Waals surface area contributed by atoms with Crippen LogP contribution in [0.1, 0.15) is 33.6 Å². The summed E-state index contributed by atoms with van der Waals surface area (Å²) in [4.78, 5) is 2.35. The van der Waals surface area contributed by atoms with Gasteiger partial charge < -0.3 is 0 Å². The van der Waals surface area contributed by atoms with Crippen molar-refractivity contribution in [3.8, 4) is 0 Å². The molecule has 1 rings (SSSR count). The van der Waals surface area contributed by atoms with Gasteiger partial charge in [0.1, 0.15) is 0 Å². The molecule has 0 N–H and O–H groups in total. The summed E-state index contributed by atoms with van der Waals surface area (Å²) in [6.45, 7) is 7.31. The van der Waals surface area contributed by atoms with Crippen LogP contribution in [-0.2, 0) is 0 Å². The van der Waals surface area contributed by atoms with Gasteiger partial charge >= 0.3 is 0 Å². The van der Waals surface area contributed by atoms with E-state index in [9.17, 15) is 4.39 Å². The lowest BCUT2D eigenvalue weighted by atomic mass is 10.0. The first kappa shape index (κ1) is 9.72. The molecule has 0 aromatic carbocycles. The maximum Gasteiger partial charge on any atom is 0.0988 e. The summed E-state index contributed by atoms with van der Waals surface area (Å²) >= 11 is 0. The van der Waals surface area contributed by atoms with Crippen molar-refractivity contribution in [2.45, 2.75) is 45.7 Å². The van der Waals surface area contributed by atoms with E-state index in [1.807, 2.05) is 0 Å². The average Bonchev–Trinajstić information content (AvgIpc) is 2.03. The molecule has 0 amide bonds. The molecule has 0 bridgehead atoms. The molecule has 0 aliphatic carbocycles. The minimum Gasteiger partial charge on any atom is -0.294 e. The summed E-state index contributed by atoms with van der Waals surface area (Å²) in [5.41, 5.74) is 0. The van der Waals surface area contributed by atoms with Crippen molar-refractivity contribution in [1.82, 2.24) is 4.90 Å². The van der Waals surface area contributed by atoms with Gasteiger partial charge in [0.05, 0.1) is 5.83 Å². The zero-order valence-corrected chi connectivity index (χ0v) is 8.18. The molecule has 70 valence electrons. The fraction of sp³-hybridized carbons (Fsp3) is 0.800. The highest BCUT2D eigenvalue weighted by Crippen LogP contribution is 2.21. The van der Waals surface area contributed by atoms with E-state index in [0.717, 1.165) is 13.0 Å². The van der Waals surface area contributed by atoms with Gasteiger partial charge in [0, 0.05) is 25.0 Å². The molecule has 1 unspecified atom stereocenters. The van der Waals surface area contributed by atoms with E-state index >= 15 is 0 Å². The third-order valence-corrected chi connectivity index (χ3v) is 2.49. The number of hydrogen-bond donors (Lipinski definition) is 0. The van der Waals surface area contributed by atoms with E-state index in [4.69, 9.17) is 0 Å². The second-order valence-electron chi connectivity index (χ2n) is 3.67. The molecule has 12 heavy (non-hydrogen) atoms. The zero-order valence-electron chi connectivity index (χ0n) is 8.18. The van der Waals surface area contributed by atoms with Crippen molar-refractivity contribution < 1.29 is 4.39 Å². The number of hydrogen-bond acceptors (Lipinski definition) is 1. The monoisotopic (exact) mass is 171 g/mol. The van der Waals surface area contributed by atoms with Crippen molar-refractivity contribution >= 4 is 0 Å². The molecule has 0 saturated carbocycles. The average molecular weight is 171 g/mol. The van der Waals surface area contributed by atoms with Gasteiger partial charge in [-0.3, -0.25) is 4.90 Å². The van der Waals surface area contributed by atoms with Gasteiger partial charge in [-0.2, -0.15) is 0 Å². The van der Waals surface area contributed by atoms with Crippen LogP contribution in [0.15, 0.2) is 11.9 Å². The Morgan fingerprint density at radius 1 is 1.67 bits per heavy atom. The normalized spacial score (nSPS) is 26.1. The molecule has 0 saturated heterocycles. The Balaban J connectivity index is 2.66. The van der Waals surface area contributed by atoms with Crippen LogP contribution in [0, 0.1) is 0 Å². The van der Waals surface area contributed by atoms with E-state index in [0.29, 0.717) is 18.5 Å². The highest BCUT2D eigenvalue weighted by Gasteiger charge is 2.22. The number of halogens is 1. The maximum atomic E-state index is 12.9. The lowest BCUT2D eigenvalue weighted by molar-refractivity contribution is 0.162. The Kier molecular flexibility index (Phi) is 3.27. The van der Waals surface area contributed by atoms with Gasteiger partial charge in [0.2, 0.25) is 0 Å². The fourth-order valence-corrected chi connectivity index (χ4v) is 1.78. The van der Waals surface area contributed by atoms with Gasteiger partial charge in [-0.1, -0.05) is 6.92 Å². The predicted molar refractivity (Wildman–Crippen MR) is 49.7 cm³/mol. The minimum absolute atomic E-state index is 0.0683. The summed E-state index contributed by atoms with van der Waals surface area (Å²) in [6, 6.07) is 0.845. The molecule has 1 nitrogen and oxygen atoms in total. The van der Waals surface area contributed by atoms with Crippen molar-refractivity contribution in [2.75, 3.05) is 6.54 Å². The smallest absolute Gasteiger partial charge is 0.0988 e. The molecule has 0 aromatic heterocycles. The first-order valence-corrected chi connectivity index (χ1v) is 4.77. The van der Waals surface area contributed by atoms with E-state index in [1.165, 1.54) is 0 Å². The Morgan fingerprint density at radius 2 is 2.33 bits per heavy atom. The summed E-state index contributed by atoms with van der Waals surface area (Å²) in [6.07, 6.45) is 3.36. The SMILES string of the molecule is CCC1C=C(F)CCN1C(C)C. The molecule has 2 heteroatoms. The van der Waals surface area contributed by atoms with Crippen molar-refractivity contribution in [3.05, 3.63) is 11.9 Å². The largest absolute Gasteiger partial charge is 0.294 e. The first-order chi connectivity index (χ1) is 5.65. The maximum absolute atomic E-state index is 12.9. The predicted octanol–water partition coefficient (Wildman–Crippen LogP) is 2.73. The van der Waals surface area contributed by atoms with Gasteiger partial charge in [-0.25, -0.2) is 4.39 Å². The molecule has 0 aromatic rings.